The van der Waals surface area contributed by atoms with Gasteiger partial charge in [-0.2, -0.15) is 0 Å². The monoisotopic (exact) mass is 167 g/mol. The first kappa shape index (κ1) is 9.63. The van der Waals surface area contributed by atoms with E-state index in [1.54, 1.807) is 0 Å². The van der Waals surface area contributed by atoms with E-state index < -0.39 is 0 Å². The zero-order chi connectivity index (χ0) is 9.57. The van der Waals surface area contributed by atoms with Gasteiger partial charge in [-0.3, -0.25) is 0 Å². The number of hydrogen-bond donors (Lipinski definition) is 1. The standard InChI is InChI=1S/C11H21N/c1-8(2)11(5,6)12-9-7-10(9,3)4/h7-8,12H,1-6H3. The van der Waals surface area contributed by atoms with Crippen LogP contribution in [0.15, 0.2) is 11.8 Å². The second kappa shape index (κ2) is 2.51. The number of hydrogen-bond acceptors (Lipinski definition) is 1. The molecule has 0 aromatic carbocycles. The summed E-state index contributed by atoms with van der Waals surface area (Å²) < 4.78 is 0. The fourth-order valence-corrected chi connectivity index (χ4v) is 1.01. The van der Waals surface area contributed by atoms with Crippen LogP contribution in [0.25, 0.3) is 0 Å². The Labute approximate surface area is 76.2 Å². The lowest BCUT2D eigenvalue weighted by Crippen LogP contribution is -2.42. The highest BCUT2D eigenvalue weighted by Gasteiger charge is 2.37. The van der Waals surface area contributed by atoms with Crippen LogP contribution in [0.5, 0.6) is 0 Å². The summed E-state index contributed by atoms with van der Waals surface area (Å²) in [5.74, 6) is 0.662. The van der Waals surface area contributed by atoms with Gasteiger partial charge in [-0.25, -0.2) is 0 Å². The lowest BCUT2D eigenvalue weighted by atomic mass is 9.90. The number of rotatable bonds is 3. The van der Waals surface area contributed by atoms with E-state index in [4.69, 9.17) is 0 Å². The van der Waals surface area contributed by atoms with E-state index in [0.29, 0.717) is 11.3 Å². The lowest BCUT2D eigenvalue weighted by Gasteiger charge is -2.31. The molecule has 0 amide bonds. The minimum Gasteiger partial charge on any atom is -0.383 e. The van der Waals surface area contributed by atoms with Gasteiger partial charge in [-0.1, -0.05) is 33.8 Å². The molecule has 0 radical (unpaired) electrons. The third-order valence-electron chi connectivity index (χ3n) is 3.02. The van der Waals surface area contributed by atoms with Crippen molar-refractivity contribution in [2.45, 2.75) is 47.1 Å². The van der Waals surface area contributed by atoms with E-state index in [1.165, 1.54) is 5.70 Å². The molecular formula is C11H21N. The van der Waals surface area contributed by atoms with E-state index in [1.807, 2.05) is 0 Å². The Morgan fingerprint density at radius 3 is 2.00 bits per heavy atom. The summed E-state index contributed by atoms with van der Waals surface area (Å²) in [4.78, 5) is 0. The van der Waals surface area contributed by atoms with Gasteiger partial charge >= 0.3 is 0 Å². The molecule has 1 aliphatic carbocycles. The summed E-state index contributed by atoms with van der Waals surface area (Å²) in [6.45, 7) is 13.5. The molecule has 1 rings (SSSR count). The quantitative estimate of drug-likeness (QED) is 0.681. The van der Waals surface area contributed by atoms with Gasteiger partial charge in [0.25, 0.3) is 0 Å². The Hall–Kier alpha value is -0.460. The van der Waals surface area contributed by atoms with Crippen molar-refractivity contribution in [2.75, 3.05) is 0 Å². The van der Waals surface area contributed by atoms with E-state index in [2.05, 4.69) is 52.9 Å². The van der Waals surface area contributed by atoms with Crippen LogP contribution in [0.2, 0.25) is 0 Å². The van der Waals surface area contributed by atoms with Gasteiger partial charge in [0.15, 0.2) is 0 Å². The zero-order valence-electron chi connectivity index (χ0n) is 9.15. The molecule has 0 saturated heterocycles. The largest absolute Gasteiger partial charge is 0.383 e. The average molecular weight is 167 g/mol. The summed E-state index contributed by atoms with van der Waals surface area (Å²) in [6, 6.07) is 0. The normalized spacial score (nSPS) is 20.8. The summed E-state index contributed by atoms with van der Waals surface area (Å²) in [5, 5.41) is 3.58. The van der Waals surface area contributed by atoms with Crippen LogP contribution in [0.1, 0.15) is 41.5 Å². The fraction of sp³-hybridized carbons (Fsp3) is 0.818. The predicted octanol–water partition coefficient (Wildman–Crippen LogP) is 2.93. The highest BCUT2D eigenvalue weighted by Crippen LogP contribution is 2.42. The number of nitrogens with one attached hydrogen (secondary N) is 1. The van der Waals surface area contributed by atoms with Gasteiger partial charge in [0.2, 0.25) is 0 Å². The molecule has 70 valence electrons. The van der Waals surface area contributed by atoms with Crippen LogP contribution in [0, 0.1) is 11.3 Å². The average Bonchev–Trinajstić information content (AvgIpc) is 2.37. The van der Waals surface area contributed by atoms with Gasteiger partial charge in [0.1, 0.15) is 0 Å². The van der Waals surface area contributed by atoms with Crippen molar-refractivity contribution in [3.8, 4) is 0 Å². The molecule has 1 nitrogen and oxygen atoms in total. The van der Waals surface area contributed by atoms with Crippen LogP contribution >= 0.6 is 0 Å². The highest BCUT2D eigenvalue weighted by molar-refractivity contribution is 5.35. The third kappa shape index (κ3) is 1.82. The number of allylic oxidation sites excluding steroid dienone is 2. The maximum Gasteiger partial charge on any atom is 0.0337 e. The second-order valence-corrected chi connectivity index (χ2v) is 5.28. The van der Waals surface area contributed by atoms with Crippen LogP contribution in [0.3, 0.4) is 0 Å². The molecule has 0 bridgehead atoms. The van der Waals surface area contributed by atoms with Gasteiger partial charge in [0, 0.05) is 16.7 Å². The van der Waals surface area contributed by atoms with E-state index in [-0.39, 0.29) is 5.54 Å². The first-order valence-corrected chi connectivity index (χ1v) is 4.77. The molecule has 0 aromatic rings. The molecule has 0 spiro atoms. The molecule has 0 atom stereocenters. The van der Waals surface area contributed by atoms with Crippen LogP contribution in [-0.4, -0.2) is 5.54 Å². The summed E-state index contributed by atoms with van der Waals surface area (Å²) in [7, 11) is 0. The van der Waals surface area contributed by atoms with Crippen LogP contribution < -0.4 is 5.32 Å². The summed E-state index contributed by atoms with van der Waals surface area (Å²) >= 11 is 0. The molecule has 1 aliphatic rings. The smallest absolute Gasteiger partial charge is 0.0337 e. The summed E-state index contributed by atoms with van der Waals surface area (Å²) in [5.41, 5.74) is 1.97. The van der Waals surface area contributed by atoms with Crippen molar-refractivity contribution in [3.05, 3.63) is 11.8 Å². The Morgan fingerprint density at radius 2 is 1.75 bits per heavy atom. The maximum absolute atomic E-state index is 3.58. The minimum atomic E-state index is 0.222. The molecular weight excluding hydrogens is 146 g/mol. The van der Waals surface area contributed by atoms with Crippen molar-refractivity contribution >= 4 is 0 Å². The molecule has 0 unspecified atom stereocenters. The van der Waals surface area contributed by atoms with Gasteiger partial charge in [-0.05, 0) is 19.8 Å². The van der Waals surface area contributed by atoms with Crippen LogP contribution in [-0.2, 0) is 0 Å². The molecule has 0 aliphatic heterocycles. The molecule has 12 heavy (non-hydrogen) atoms. The second-order valence-electron chi connectivity index (χ2n) is 5.28. The molecule has 0 heterocycles. The summed E-state index contributed by atoms with van der Waals surface area (Å²) in [6.07, 6.45) is 2.29. The van der Waals surface area contributed by atoms with Crippen molar-refractivity contribution < 1.29 is 0 Å². The lowest BCUT2D eigenvalue weighted by molar-refractivity contribution is 0.308. The van der Waals surface area contributed by atoms with Crippen molar-refractivity contribution in [1.29, 1.82) is 0 Å². The fourth-order valence-electron chi connectivity index (χ4n) is 1.01. The van der Waals surface area contributed by atoms with Gasteiger partial charge < -0.3 is 5.32 Å². The van der Waals surface area contributed by atoms with Crippen molar-refractivity contribution in [2.24, 2.45) is 11.3 Å². The first-order valence-electron chi connectivity index (χ1n) is 4.77. The molecule has 1 heteroatoms. The third-order valence-corrected chi connectivity index (χ3v) is 3.02. The Morgan fingerprint density at radius 1 is 1.33 bits per heavy atom. The Kier molecular flexibility index (Phi) is 2.02. The van der Waals surface area contributed by atoms with E-state index in [9.17, 15) is 0 Å². The Bertz CT molecular complexity index is 209. The van der Waals surface area contributed by atoms with Crippen molar-refractivity contribution in [3.63, 3.8) is 0 Å². The topological polar surface area (TPSA) is 12.0 Å². The Balaban J connectivity index is 2.48. The maximum atomic E-state index is 3.58. The van der Waals surface area contributed by atoms with E-state index in [0.717, 1.165) is 0 Å². The van der Waals surface area contributed by atoms with Crippen molar-refractivity contribution in [1.82, 2.24) is 5.32 Å². The van der Waals surface area contributed by atoms with Gasteiger partial charge in [-0.15, -0.1) is 0 Å². The molecule has 1 N–H and O–H groups in total. The van der Waals surface area contributed by atoms with E-state index >= 15 is 0 Å². The highest BCUT2D eigenvalue weighted by atomic mass is 15.0. The minimum absolute atomic E-state index is 0.222. The van der Waals surface area contributed by atoms with Crippen LogP contribution in [0.4, 0.5) is 0 Å². The zero-order valence-corrected chi connectivity index (χ0v) is 9.15. The SMILES string of the molecule is CC(C)C(C)(C)NC1=CC1(C)C. The predicted molar refractivity (Wildman–Crippen MR) is 53.9 cm³/mol. The van der Waals surface area contributed by atoms with Gasteiger partial charge in [0.05, 0.1) is 0 Å². The molecule has 0 fully saturated rings. The molecule has 0 saturated carbocycles. The first-order chi connectivity index (χ1) is 5.26. The molecule has 0 aromatic heterocycles.